The first-order chi connectivity index (χ1) is 13.7. The van der Waals surface area contributed by atoms with Gasteiger partial charge in [0.1, 0.15) is 17.6 Å². The summed E-state index contributed by atoms with van der Waals surface area (Å²) in [6.45, 7) is 0. The van der Waals surface area contributed by atoms with Gasteiger partial charge in [-0.05, 0) is 43.4 Å². The molecule has 3 aliphatic carbocycles. The number of aromatic nitrogens is 1. The lowest BCUT2D eigenvalue weighted by Crippen LogP contribution is -2.68. The number of benzene rings is 1. The van der Waals surface area contributed by atoms with E-state index >= 15 is 0 Å². The second-order valence-corrected chi connectivity index (χ2v) is 8.00. The molecule has 0 unspecified atom stereocenters. The number of nitrogens with zero attached hydrogens (tertiary/aromatic N) is 2. The van der Waals surface area contributed by atoms with Crippen LogP contribution in [0.15, 0.2) is 24.4 Å². The van der Waals surface area contributed by atoms with Crippen molar-refractivity contribution in [2.45, 2.75) is 24.8 Å². The molecule has 5 rings (SSSR count). The Hall–Kier alpha value is -3.18. The number of amides is 2. The molecule has 2 aromatic rings. The second-order valence-electron chi connectivity index (χ2n) is 7.62. The van der Waals surface area contributed by atoms with Crippen LogP contribution in [0.1, 0.15) is 45.7 Å². The van der Waals surface area contributed by atoms with Crippen molar-refractivity contribution in [2.75, 3.05) is 5.32 Å². The van der Waals surface area contributed by atoms with E-state index in [1.54, 1.807) is 6.07 Å². The van der Waals surface area contributed by atoms with E-state index in [4.69, 9.17) is 16.9 Å². The van der Waals surface area contributed by atoms with Gasteiger partial charge in [0.15, 0.2) is 0 Å². The molecule has 29 heavy (non-hydrogen) atoms. The van der Waals surface area contributed by atoms with E-state index in [9.17, 15) is 18.8 Å². The molecule has 3 saturated carbocycles. The highest BCUT2D eigenvalue weighted by Gasteiger charge is 2.57. The zero-order chi connectivity index (χ0) is 20.9. The molecule has 7 nitrogen and oxygen atoms in total. The minimum atomic E-state index is -0.803. The Kier molecular flexibility index (Phi) is 4.43. The molecular weight excluding hydrogens is 399 g/mol. The van der Waals surface area contributed by atoms with Gasteiger partial charge < -0.3 is 15.2 Å². The van der Waals surface area contributed by atoms with E-state index in [-0.39, 0.29) is 33.1 Å². The number of nitriles is 1. The minimum absolute atomic E-state index is 0.0313. The van der Waals surface area contributed by atoms with Gasteiger partial charge in [0.2, 0.25) is 0 Å². The molecule has 0 spiro atoms. The van der Waals surface area contributed by atoms with E-state index in [1.165, 1.54) is 29.9 Å². The molecule has 2 amide bonds. The Balaban J connectivity index is 1.53. The number of carbonyl (C=O) groups excluding carboxylic acids is 3. The summed E-state index contributed by atoms with van der Waals surface area (Å²) in [6.07, 6.45) is 4.01. The van der Waals surface area contributed by atoms with Gasteiger partial charge in [-0.15, -0.1) is 0 Å². The Bertz CT molecular complexity index is 1100. The number of halogens is 2. The predicted octanol–water partition coefficient (Wildman–Crippen LogP) is 2.79. The van der Waals surface area contributed by atoms with Gasteiger partial charge in [-0.25, -0.2) is 4.39 Å². The molecule has 0 radical (unpaired) electrons. The normalized spacial score (nSPS) is 21.4. The van der Waals surface area contributed by atoms with Gasteiger partial charge >= 0.3 is 0 Å². The fourth-order valence-electron chi connectivity index (χ4n) is 3.95. The number of ketones is 1. The number of hydrogen-bond acceptors (Lipinski definition) is 4. The molecule has 3 fully saturated rings. The van der Waals surface area contributed by atoms with Crippen LogP contribution < -0.4 is 10.6 Å². The van der Waals surface area contributed by atoms with Crippen LogP contribution in [0.25, 0.3) is 0 Å². The van der Waals surface area contributed by atoms with Crippen molar-refractivity contribution in [1.82, 2.24) is 9.88 Å². The van der Waals surface area contributed by atoms with E-state index in [2.05, 4.69) is 10.6 Å². The van der Waals surface area contributed by atoms with Crippen molar-refractivity contribution in [1.29, 1.82) is 5.26 Å². The zero-order valence-corrected chi connectivity index (χ0v) is 16.1. The Morgan fingerprint density at radius 2 is 2.00 bits per heavy atom. The molecule has 2 N–H and O–H groups in total. The fraction of sp³-hybridized carbons (Fsp3) is 0.300. The number of rotatable bonds is 5. The Labute approximate surface area is 170 Å². The summed E-state index contributed by atoms with van der Waals surface area (Å²) in [5, 5.41) is 14.0. The smallest absolute Gasteiger partial charge is 0.292 e. The van der Waals surface area contributed by atoms with Crippen LogP contribution >= 0.6 is 11.6 Å². The maximum atomic E-state index is 13.4. The summed E-state index contributed by atoms with van der Waals surface area (Å²) >= 11 is 6.25. The third-order valence-corrected chi connectivity index (χ3v) is 5.93. The van der Waals surface area contributed by atoms with Gasteiger partial charge in [-0.1, -0.05) is 11.6 Å². The highest BCUT2D eigenvalue weighted by molar-refractivity contribution is 6.48. The van der Waals surface area contributed by atoms with Crippen molar-refractivity contribution >= 4 is 34.9 Å². The van der Waals surface area contributed by atoms with Crippen LogP contribution in [0, 0.1) is 23.1 Å². The molecule has 3 aliphatic rings. The Morgan fingerprint density at radius 3 is 2.59 bits per heavy atom. The van der Waals surface area contributed by atoms with Crippen LogP contribution in [0.3, 0.4) is 0 Å². The topological polar surface area (TPSA) is 104 Å². The average Bonchev–Trinajstić information content (AvgIpc) is 2.92. The lowest BCUT2D eigenvalue weighted by Gasteiger charge is -2.61. The maximum absolute atomic E-state index is 13.4. The number of carbonyl (C=O) groups is 3. The van der Waals surface area contributed by atoms with Crippen molar-refractivity contribution in [3.8, 4) is 6.07 Å². The molecule has 1 aromatic carbocycles. The number of anilines is 1. The largest absolute Gasteiger partial charge is 0.345 e. The van der Waals surface area contributed by atoms with E-state index in [0.717, 1.165) is 25.3 Å². The molecular formula is C20H16ClFN4O3. The van der Waals surface area contributed by atoms with Gasteiger partial charge in [-0.2, -0.15) is 5.26 Å². The molecule has 148 valence electrons. The summed E-state index contributed by atoms with van der Waals surface area (Å²) in [5.41, 5.74) is -0.377. The monoisotopic (exact) mass is 414 g/mol. The standard InChI is InChI=1S/C20H16ClFN4O3/c1-26-9-13(17(27)19(29)25-20-5-10(6-20)7-20)15(21)16(26)18(28)24-12-2-3-14(22)11(4-12)8-23/h2-4,9-10H,5-7H2,1H3,(H,24,28)(H,25,29). The minimum Gasteiger partial charge on any atom is -0.345 e. The molecule has 9 heteroatoms. The number of aryl methyl sites for hydroxylation is 1. The highest BCUT2D eigenvalue weighted by Crippen LogP contribution is 2.56. The zero-order valence-electron chi connectivity index (χ0n) is 15.4. The molecule has 0 saturated heterocycles. The third kappa shape index (κ3) is 3.17. The first-order valence-electron chi connectivity index (χ1n) is 8.96. The molecule has 0 atom stereocenters. The summed E-state index contributed by atoms with van der Waals surface area (Å²) in [7, 11) is 1.52. The molecule has 2 bridgehead atoms. The number of hydrogen-bond donors (Lipinski definition) is 2. The lowest BCUT2D eigenvalue weighted by atomic mass is 9.50. The first kappa shape index (κ1) is 19.2. The Morgan fingerprint density at radius 1 is 1.31 bits per heavy atom. The third-order valence-electron chi connectivity index (χ3n) is 5.55. The lowest BCUT2D eigenvalue weighted by molar-refractivity contribution is -0.128. The summed E-state index contributed by atoms with van der Waals surface area (Å²) < 4.78 is 14.8. The van der Waals surface area contributed by atoms with E-state index in [0.29, 0.717) is 5.92 Å². The average molecular weight is 415 g/mol. The van der Waals surface area contributed by atoms with Crippen molar-refractivity contribution < 1.29 is 18.8 Å². The van der Waals surface area contributed by atoms with Gasteiger partial charge in [0.25, 0.3) is 17.6 Å². The van der Waals surface area contributed by atoms with Gasteiger partial charge in [-0.3, -0.25) is 14.4 Å². The highest BCUT2D eigenvalue weighted by atomic mass is 35.5. The van der Waals surface area contributed by atoms with Crippen molar-refractivity contribution in [3.63, 3.8) is 0 Å². The summed E-state index contributed by atoms with van der Waals surface area (Å²) in [4.78, 5) is 37.5. The number of Topliss-reactive ketones (excluding diaryl/α,β-unsaturated/α-hetero) is 1. The van der Waals surface area contributed by atoms with Crippen LogP contribution in [-0.4, -0.2) is 27.7 Å². The van der Waals surface area contributed by atoms with Gasteiger partial charge in [0.05, 0.1) is 16.1 Å². The molecule has 1 heterocycles. The molecule has 1 aromatic heterocycles. The van der Waals surface area contributed by atoms with Crippen LogP contribution in [-0.2, 0) is 11.8 Å². The van der Waals surface area contributed by atoms with Crippen LogP contribution in [0.4, 0.5) is 10.1 Å². The van der Waals surface area contributed by atoms with Crippen LogP contribution in [0.5, 0.6) is 0 Å². The maximum Gasteiger partial charge on any atom is 0.292 e. The fourth-order valence-corrected chi connectivity index (χ4v) is 4.30. The quantitative estimate of drug-likeness (QED) is 0.579. The summed E-state index contributed by atoms with van der Waals surface area (Å²) in [5.74, 6) is -2.26. The SMILES string of the molecule is Cn1cc(C(=O)C(=O)NC23CC(C2)C3)c(Cl)c1C(=O)Nc1ccc(F)c(C#N)c1. The predicted molar refractivity (Wildman–Crippen MR) is 102 cm³/mol. The molecule has 0 aliphatic heterocycles. The van der Waals surface area contributed by atoms with Crippen molar-refractivity contribution in [3.05, 3.63) is 52.1 Å². The van der Waals surface area contributed by atoms with E-state index < -0.39 is 23.4 Å². The van der Waals surface area contributed by atoms with E-state index in [1.807, 2.05) is 0 Å². The number of nitrogens with one attached hydrogen (secondary N) is 2. The second kappa shape index (κ2) is 6.71. The summed E-state index contributed by atoms with van der Waals surface area (Å²) in [6, 6.07) is 5.24. The van der Waals surface area contributed by atoms with Crippen LogP contribution in [0.2, 0.25) is 5.02 Å². The first-order valence-corrected chi connectivity index (χ1v) is 9.33. The van der Waals surface area contributed by atoms with Crippen molar-refractivity contribution in [2.24, 2.45) is 13.0 Å². The van der Waals surface area contributed by atoms with Gasteiger partial charge in [0, 0.05) is 24.5 Å².